The number of aryl methyl sites for hydroxylation is 2. The fraction of sp³-hybridized carbons (Fsp3) is 0.429. The van der Waals surface area contributed by atoms with Crippen LogP contribution in [-0.4, -0.2) is 44.0 Å². The lowest BCUT2D eigenvalue weighted by Crippen LogP contribution is -2.36. The lowest BCUT2D eigenvalue weighted by atomic mass is 10.1. The van der Waals surface area contributed by atoms with Gasteiger partial charge in [0, 0.05) is 13.0 Å². The smallest absolute Gasteiger partial charge is 0.318 e. The third-order valence-electron chi connectivity index (χ3n) is 3.18. The van der Waals surface area contributed by atoms with E-state index in [9.17, 15) is 13.2 Å². The highest BCUT2D eigenvalue weighted by molar-refractivity contribution is 7.89. The van der Waals surface area contributed by atoms with Gasteiger partial charge in [0.25, 0.3) is 0 Å². The molecule has 0 spiro atoms. The molecule has 0 aliphatic heterocycles. The second kappa shape index (κ2) is 7.24. The molecule has 0 aromatic heterocycles. The van der Waals surface area contributed by atoms with Crippen molar-refractivity contribution in [2.75, 3.05) is 20.2 Å². The first-order valence-corrected chi connectivity index (χ1v) is 7.92. The minimum atomic E-state index is -4.07. The van der Waals surface area contributed by atoms with Gasteiger partial charge in [0.1, 0.15) is 17.2 Å². The van der Waals surface area contributed by atoms with E-state index in [1.54, 1.807) is 13.0 Å². The molecule has 0 bridgehead atoms. The van der Waals surface area contributed by atoms with Crippen LogP contribution in [0.2, 0.25) is 0 Å². The Morgan fingerprint density at radius 2 is 1.95 bits per heavy atom. The van der Waals surface area contributed by atoms with E-state index in [0.29, 0.717) is 0 Å². The molecular formula is C14H18N2O5S. The van der Waals surface area contributed by atoms with Gasteiger partial charge < -0.3 is 9.84 Å². The first-order valence-electron chi connectivity index (χ1n) is 6.48. The number of benzene rings is 1. The number of nitrogens with zero attached hydrogens (tertiary/aromatic N) is 2. The minimum absolute atomic E-state index is 0.0976. The zero-order valence-electron chi connectivity index (χ0n) is 12.7. The molecule has 0 saturated carbocycles. The van der Waals surface area contributed by atoms with E-state index in [-0.39, 0.29) is 23.6 Å². The average molecular weight is 326 g/mol. The summed E-state index contributed by atoms with van der Waals surface area (Å²) in [4.78, 5) is 10.8. The van der Waals surface area contributed by atoms with E-state index in [0.717, 1.165) is 15.4 Å². The summed E-state index contributed by atoms with van der Waals surface area (Å²) in [5, 5.41) is 17.5. The Balaban J connectivity index is 3.39. The molecule has 1 N–H and O–H groups in total. The Labute approximate surface area is 129 Å². The fourth-order valence-corrected chi connectivity index (χ4v) is 3.49. The second-order valence-electron chi connectivity index (χ2n) is 4.73. The highest BCUT2D eigenvalue weighted by Gasteiger charge is 2.29. The quantitative estimate of drug-likeness (QED) is 0.809. The molecule has 0 fully saturated rings. The standard InChI is InChI=1S/C14H18N2O5S/c1-10-7-12(21-3)13(8-11(10)2)22(19,20)16(6-4-5-15)9-14(17)18/h7-8H,4,6,9H2,1-3H3,(H,17,18). The van der Waals surface area contributed by atoms with Gasteiger partial charge in [-0.15, -0.1) is 0 Å². The van der Waals surface area contributed by atoms with Crippen molar-refractivity contribution in [1.82, 2.24) is 4.31 Å². The Morgan fingerprint density at radius 1 is 1.36 bits per heavy atom. The van der Waals surface area contributed by atoms with E-state index < -0.39 is 22.5 Å². The minimum Gasteiger partial charge on any atom is -0.495 e. The summed E-state index contributed by atoms with van der Waals surface area (Å²) in [6.07, 6.45) is -0.0976. The molecule has 0 aliphatic rings. The van der Waals surface area contributed by atoms with E-state index in [4.69, 9.17) is 15.1 Å². The van der Waals surface area contributed by atoms with Gasteiger partial charge in [0.05, 0.1) is 13.2 Å². The van der Waals surface area contributed by atoms with Crippen molar-refractivity contribution >= 4 is 16.0 Å². The molecule has 0 saturated heterocycles. The molecule has 22 heavy (non-hydrogen) atoms. The first-order chi connectivity index (χ1) is 10.2. The number of methoxy groups -OCH3 is 1. The van der Waals surface area contributed by atoms with Crippen LogP contribution in [0.1, 0.15) is 17.5 Å². The Morgan fingerprint density at radius 3 is 2.45 bits per heavy atom. The molecule has 1 aromatic rings. The first kappa shape index (κ1) is 17.9. The monoisotopic (exact) mass is 326 g/mol. The van der Waals surface area contributed by atoms with Gasteiger partial charge in [-0.2, -0.15) is 9.57 Å². The molecule has 1 aromatic carbocycles. The van der Waals surface area contributed by atoms with Gasteiger partial charge in [0.2, 0.25) is 10.0 Å². The summed E-state index contributed by atoms with van der Waals surface area (Å²) in [5.41, 5.74) is 1.60. The highest BCUT2D eigenvalue weighted by Crippen LogP contribution is 2.29. The summed E-state index contributed by atoms with van der Waals surface area (Å²) in [7, 11) is -2.73. The molecule has 0 heterocycles. The molecule has 0 radical (unpaired) electrons. The summed E-state index contributed by atoms with van der Waals surface area (Å²) >= 11 is 0. The SMILES string of the molecule is COc1cc(C)c(C)cc1S(=O)(=O)N(CCC#N)CC(=O)O. The molecule has 0 aliphatic carbocycles. The van der Waals surface area contributed by atoms with Crippen LogP contribution in [0.15, 0.2) is 17.0 Å². The van der Waals surface area contributed by atoms with Crippen molar-refractivity contribution < 1.29 is 23.1 Å². The van der Waals surface area contributed by atoms with Crippen LogP contribution in [0.3, 0.4) is 0 Å². The number of carbonyl (C=O) groups is 1. The van der Waals surface area contributed by atoms with Gasteiger partial charge in [-0.3, -0.25) is 4.79 Å². The maximum absolute atomic E-state index is 12.7. The third-order valence-corrected chi connectivity index (χ3v) is 5.05. The lowest BCUT2D eigenvalue weighted by molar-refractivity contribution is -0.137. The Hall–Kier alpha value is -2.11. The van der Waals surface area contributed by atoms with Gasteiger partial charge >= 0.3 is 5.97 Å². The summed E-state index contributed by atoms with van der Waals surface area (Å²) in [6.45, 7) is 2.67. The molecule has 0 atom stereocenters. The highest BCUT2D eigenvalue weighted by atomic mass is 32.2. The van der Waals surface area contributed by atoms with Crippen LogP contribution in [-0.2, 0) is 14.8 Å². The van der Waals surface area contributed by atoms with Crippen LogP contribution >= 0.6 is 0 Å². The van der Waals surface area contributed by atoms with Gasteiger partial charge in [-0.1, -0.05) is 0 Å². The molecule has 1 rings (SSSR count). The molecule has 8 heteroatoms. The van der Waals surface area contributed by atoms with Gasteiger partial charge in [0.15, 0.2) is 0 Å². The number of carboxylic acids is 1. The fourth-order valence-electron chi connectivity index (χ4n) is 1.87. The Kier molecular flexibility index (Phi) is 5.91. The van der Waals surface area contributed by atoms with Crippen molar-refractivity contribution in [3.63, 3.8) is 0 Å². The average Bonchev–Trinajstić information content (AvgIpc) is 2.45. The number of aliphatic carboxylic acids is 1. The van der Waals surface area contributed by atoms with Crippen molar-refractivity contribution in [2.24, 2.45) is 0 Å². The number of ether oxygens (including phenoxy) is 1. The van der Waals surface area contributed by atoms with Crippen LogP contribution < -0.4 is 4.74 Å². The van der Waals surface area contributed by atoms with E-state index in [2.05, 4.69) is 0 Å². The molecular weight excluding hydrogens is 308 g/mol. The third kappa shape index (κ3) is 3.96. The maximum Gasteiger partial charge on any atom is 0.318 e. The zero-order chi connectivity index (χ0) is 16.9. The molecule has 0 unspecified atom stereocenters. The van der Waals surface area contributed by atoms with Crippen LogP contribution in [0, 0.1) is 25.2 Å². The molecule has 7 nitrogen and oxygen atoms in total. The van der Waals surface area contributed by atoms with Crippen molar-refractivity contribution in [2.45, 2.75) is 25.2 Å². The number of hydrogen-bond acceptors (Lipinski definition) is 5. The molecule has 0 amide bonds. The largest absolute Gasteiger partial charge is 0.495 e. The van der Waals surface area contributed by atoms with Gasteiger partial charge in [-0.25, -0.2) is 8.42 Å². The topological polar surface area (TPSA) is 108 Å². The summed E-state index contributed by atoms with van der Waals surface area (Å²) in [5.74, 6) is -1.14. The summed E-state index contributed by atoms with van der Waals surface area (Å²) in [6, 6.07) is 4.85. The number of rotatable bonds is 7. The number of carboxylic acid groups (broad SMARTS) is 1. The summed E-state index contributed by atoms with van der Waals surface area (Å²) < 4.78 is 31.3. The zero-order valence-corrected chi connectivity index (χ0v) is 13.5. The van der Waals surface area contributed by atoms with E-state index in [1.165, 1.54) is 13.2 Å². The van der Waals surface area contributed by atoms with Crippen molar-refractivity contribution in [3.8, 4) is 11.8 Å². The predicted molar refractivity (Wildman–Crippen MR) is 79.1 cm³/mol. The second-order valence-corrected chi connectivity index (χ2v) is 6.63. The van der Waals surface area contributed by atoms with Crippen LogP contribution in [0.25, 0.3) is 0 Å². The number of sulfonamides is 1. The normalized spacial score (nSPS) is 11.2. The number of nitriles is 1. The lowest BCUT2D eigenvalue weighted by Gasteiger charge is -2.21. The predicted octanol–water partition coefficient (Wildman–Crippen LogP) is 1.30. The van der Waals surface area contributed by atoms with E-state index >= 15 is 0 Å². The van der Waals surface area contributed by atoms with Crippen LogP contribution in [0.4, 0.5) is 0 Å². The Bertz CT molecular complexity index is 707. The molecule has 120 valence electrons. The van der Waals surface area contributed by atoms with Gasteiger partial charge in [-0.05, 0) is 37.1 Å². The van der Waals surface area contributed by atoms with Crippen molar-refractivity contribution in [3.05, 3.63) is 23.3 Å². The maximum atomic E-state index is 12.7. The number of hydrogen-bond donors (Lipinski definition) is 1. The van der Waals surface area contributed by atoms with Crippen molar-refractivity contribution in [1.29, 1.82) is 5.26 Å². The van der Waals surface area contributed by atoms with Crippen LogP contribution in [0.5, 0.6) is 5.75 Å². The van der Waals surface area contributed by atoms with E-state index in [1.807, 2.05) is 13.0 Å².